The van der Waals surface area contributed by atoms with E-state index >= 15 is 0 Å². The number of rotatable bonds is 5. The number of thiophene rings is 1. The molecule has 138 valence electrons. The van der Waals surface area contributed by atoms with Gasteiger partial charge in [-0.15, -0.1) is 11.3 Å². The van der Waals surface area contributed by atoms with Crippen LogP contribution in [0.2, 0.25) is 0 Å². The van der Waals surface area contributed by atoms with Crippen molar-refractivity contribution in [2.24, 2.45) is 0 Å². The maximum Gasteiger partial charge on any atom is 0.326 e. The van der Waals surface area contributed by atoms with Crippen molar-refractivity contribution in [2.75, 3.05) is 6.54 Å². The van der Waals surface area contributed by atoms with Crippen molar-refractivity contribution in [3.8, 4) is 0 Å². The van der Waals surface area contributed by atoms with Crippen LogP contribution in [-0.2, 0) is 32.6 Å². The molecule has 1 aliphatic rings. The molecule has 0 bridgehead atoms. The molecule has 2 heterocycles. The van der Waals surface area contributed by atoms with Gasteiger partial charge in [0.05, 0.1) is 0 Å². The number of hydrogen-bond acceptors (Lipinski definition) is 5. The molecule has 1 aromatic carbocycles. The highest BCUT2D eigenvalue weighted by atomic mass is 32.2. The highest BCUT2D eigenvalue weighted by Gasteiger charge is 2.30. The third-order valence-electron chi connectivity index (χ3n) is 4.21. The Labute approximate surface area is 155 Å². The largest absolute Gasteiger partial charge is 0.480 e. The molecule has 0 saturated carbocycles. The number of hydrogen-bond donors (Lipinski definition) is 2. The van der Waals surface area contributed by atoms with E-state index in [4.69, 9.17) is 0 Å². The Morgan fingerprint density at radius 1 is 1.27 bits per heavy atom. The molecule has 2 aromatic rings. The number of carbonyl (C=O) groups is 2. The van der Waals surface area contributed by atoms with Gasteiger partial charge in [0.25, 0.3) is 10.0 Å². The maximum absolute atomic E-state index is 12.7. The molecule has 0 unspecified atom stereocenters. The van der Waals surface area contributed by atoms with Crippen molar-refractivity contribution < 1.29 is 23.1 Å². The number of amides is 1. The summed E-state index contributed by atoms with van der Waals surface area (Å²) in [6.07, 6.45) is 0.593. The van der Waals surface area contributed by atoms with Crippen LogP contribution in [0.25, 0.3) is 0 Å². The van der Waals surface area contributed by atoms with E-state index < -0.39 is 22.0 Å². The third-order valence-corrected chi connectivity index (χ3v) is 7.34. The molecule has 1 amide bonds. The predicted molar refractivity (Wildman–Crippen MR) is 96.3 cm³/mol. The summed E-state index contributed by atoms with van der Waals surface area (Å²) in [7, 11) is -4.00. The van der Waals surface area contributed by atoms with Gasteiger partial charge in [0, 0.05) is 24.9 Å². The van der Waals surface area contributed by atoms with Crippen LogP contribution in [0.15, 0.2) is 40.6 Å². The van der Waals surface area contributed by atoms with Gasteiger partial charge in [0.15, 0.2) is 0 Å². The molecule has 0 fully saturated rings. The van der Waals surface area contributed by atoms with Gasteiger partial charge < -0.3 is 10.0 Å². The first-order valence-electron chi connectivity index (χ1n) is 7.95. The van der Waals surface area contributed by atoms with Crippen LogP contribution in [0.1, 0.15) is 29.0 Å². The zero-order valence-corrected chi connectivity index (χ0v) is 15.6. The molecule has 0 radical (unpaired) electrons. The van der Waals surface area contributed by atoms with Gasteiger partial charge in [0.1, 0.15) is 10.3 Å². The van der Waals surface area contributed by atoms with Crippen LogP contribution < -0.4 is 4.72 Å². The van der Waals surface area contributed by atoms with Crippen LogP contribution in [0.4, 0.5) is 0 Å². The van der Waals surface area contributed by atoms with E-state index in [0.29, 0.717) is 25.1 Å². The summed E-state index contributed by atoms with van der Waals surface area (Å²) in [5.41, 5.74) is 1.15. The Hall–Kier alpha value is -2.23. The lowest BCUT2D eigenvalue weighted by Gasteiger charge is -2.25. The quantitative estimate of drug-likeness (QED) is 0.804. The Kier molecular flexibility index (Phi) is 5.12. The molecule has 1 aromatic heterocycles. The second-order valence-electron chi connectivity index (χ2n) is 6.01. The minimum absolute atomic E-state index is 0.0561. The lowest BCUT2D eigenvalue weighted by Crippen LogP contribution is -2.33. The van der Waals surface area contributed by atoms with Crippen molar-refractivity contribution in [1.29, 1.82) is 0 Å². The molecule has 0 saturated heterocycles. The number of carboxylic acid groups (broad SMARTS) is 1. The number of sulfonamides is 1. The highest BCUT2D eigenvalue weighted by molar-refractivity contribution is 7.91. The molecule has 1 aliphatic heterocycles. The number of aliphatic carboxylic acids is 1. The Bertz CT molecular complexity index is 937. The van der Waals surface area contributed by atoms with Gasteiger partial charge in [-0.3, -0.25) is 9.59 Å². The van der Waals surface area contributed by atoms with Crippen molar-refractivity contribution >= 4 is 33.2 Å². The molecular formula is C17H18N2O5S2. The predicted octanol–water partition coefficient (Wildman–Crippen LogP) is 1.76. The fourth-order valence-electron chi connectivity index (χ4n) is 2.83. The van der Waals surface area contributed by atoms with Crippen molar-refractivity contribution in [2.45, 2.75) is 30.1 Å². The maximum atomic E-state index is 12.7. The van der Waals surface area contributed by atoms with Gasteiger partial charge in [-0.1, -0.05) is 30.3 Å². The first-order chi connectivity index (χ1) is 12.3. The Balaban J connectivity index is 1.87. The molecule has 7 nitrogen and oxygen atoms in total. The van der Waals surface area contributed by atoms with E-state index in [2.05, 4.69) is 4.72 Å². The molecule has 1 atom stereocenters. The van der Waals surface area contributed by atoms with E-state index in [-0.39, 0.29) is 10.1 Å². The molecule has 0 spiro atoms. The monoisotopic (exact) mass is 394 g/mol. The van der Waals surface area contributed by atoms with E-state index in [9.17, 15) is 23.1 Å². The van der Waals surface area contributed by atoms with Crippen LogP contribution in [-0.4, -0.2) is 36.8 Å². The summed E-state index contributed by atoms with van der Waals surface area (Å²) in [4.78, 5) is 25.6. The minimum Gasteiger partial charge on any atom is -0.480 e. The average Bonchev–Trinajstić information content (AvgIpc) is 3.04. The van der Waals surface area contributed by atoms with Crippen LogP contribution in [0.3, 0.4) is 0 Å². The Morgan fingerprint density at radius 2 is 1.96 bits per heavy atom. The number of fused-ring (bicyclic) bond motifs is 1. The summed E-state index contributed by atoms with van der Waals surface area (Å²) in [6, 6.07) is 8.32. The summed E-state index contributed by atoms with van der Waals surface area (Å²) in [5.74, 6) is -1.33. The van der Waals surface area contributed by atoms with Gasteiger partial charge in [-0.05, 0) is 23.6 Å². The highest BCUT2D eigenvalue weighted by Crippen LogP contribution is 2.31. The van der Waals surface area contributed by atoms with E-state index in [1.54, 1.807) is 35.2 Å². The van der Waals surface area contributed by atoms with E-state index in [1.807, 2.05) is 0 Å². The van der Waals surface area contributed by atoms with Crippen LogP contribution in [0, 0.1) is 0 Å². The lowest BCUT2D eigenvalue weighted by atomic mass is 10.1. The molecule has 0 aliphatic carbocycles. The number of nitrogens with zero attached hydrogens (tertiary/aromatic N) is 1. The first kappa shape index (κ1) is 18.6. The minimum atomic E-state index is -4.00. The summed E-state index contributed by atoms with van der Waals surface area (Å²) in [5, 5.41) is 9.43. The van der Waals surface area contributed by atoms with Gasteiger partial charge in [-0.25, -0.2) is 8.42 Å². The van der Waals surface area contributed by atoms with Crippen molar-refractivity contribution in [1.82, 2.24) is 9.62 Å². The SMILES string of the molecule is CC(=O)N1CCc2sc(S(=O)(=O)N[C@H](C(=O)O)c3ccccc3)cc2C1. The molecule has 26 heavy (non-hydrogen) atoms. The number of carbonyl (C=O) groups excluding carboxylic acids is 1. The van der Waals surface area contributed by atoms with E-state index in [1.165, 1.54) is 13.0 Å². The Morgan fingerprint density at radius 3 is 2.58 bits per heavy atom. The van der Waals surface area contributed by atoms with Crippen molar-refractivity contribution in [3.05, 3.63) is 52.4 Å². The van der Waals surface area contributed by atoms with Crippen LogP contribution >= 0.6 is 11.3 Å². The topological polar surface area (TPSA) is 104 Å². The number of nitrogens with one attached hydrogen (secondary N) is 1. The first-order valence-corrected chi connectivity index (χ1v) is 10.2. The zero-order valence-electron chi connectivity index (χ0n) is 14.0. The molecule has 3 rings (SSSR count). The smallest absolute Gasteiger partial charge is 0.326 e. The lowest BCUT2D eigenvalue weighted by molar-refractivity contribution is -0.139. The van der Waals surface area contributed by atoms with Crippen molar-refractivity contribution in [3.63, 3.8) is 0 Å². The molecule has 9 heteroatoms. The van der Waals surface area contributed by atoms with Gasteiger partial charge in [0.2, 0.25) is 5.91 Å². The summed E-state index contributed by atoms with van der Waals surface area (Å²) >= 11 is 1.12. The zero-order chi connectivity index (χ0) is 18.9. The van der Waals surface area contributed by atoms with Gasteiger partial charge in [-0.2, -0.15) is 4.72 Å². The summed E-state index contributed by atoms with van der Waals surface area (Å²) in [6.45, 7) is 2.41. The molecular weight excluding hydrogens is 376 g/mol. The van der Waals surface area contributed by atoms with Crippen LogP contribution in [0.5, 0.6) is 0 Å². The number of carboxylic acids is 1. The normalized spacial score (nSPS) is 15.3. The van der Waals surface area contributed by atoms with E-state index in [0.717, 1.165) is 21.8 Å². The average molecular weight is 394 g/mol. The standard InChI is InChI=1S/C17H18N2O5S2/c1-11(20)19-8-7-14-13(10-19)9-15(25-14)26(23,24)18-16(17(21)22)12-5-3-2-4-6-12/h2-6,9,16,18H,7-8,10H2,1H3,(H,21,22)/t16-/m0/s1. The number of benzene rings is 1. The second-order valence-corrected chi connectivity index (χ2v) is 9.09. The third kappa shape index (κ3) is 3.79. The summed E-state index contributed by atoms with van der Waals surface area (Å²) < 4.78 is 27.8. The second kappa shape index (κ2) is 7.18. The molecule has 2 N–H and O–H groups in total. The fourth-order valence-corrected chi connectivity index (χ4v) is 5.56. The fraction of sp³-hybridized carbons (Fsp3) is 0.294. The van der Waals surface area contributed by atoms with Gasteiger partial charge >= 0.3 is 5.97 Å².